The summed E-state index contributed by atoms with van der Waals surface area (Å²) in [5, 5.41) is 1.65. The summed E-state index contributed by atoms with van der Waals surface area (Å²) in [7, 11) is -0.881. The first-order valence-corrected chi connectivity index (χ1v) is 10.2. The molecule has 0 bridgehead atoms. The maximum Gasteiger partial charge on any atom is 0.0936 e. The van der Waals surface area contributed by atoms with Gasteiger partial charge in [0, 0.05) is 7.26 Å². The zero-order valence-electron chi connectivity index (χ0n) is 12.5. The first-order chi connectivity index (χ1) is 8.73. The lowest BCUT2D eigenvalue weighted by Crippen LogP contribution is -2.16. The molecule has 0 spiro atoms. The van der Waals surface area contributed by atoms with Gasteiger partial charge >= 0.3 is 0 Å². The predicted octanol–water partition coefficient (Wildman–Crippen LogP) is 5.34. The summed E-state index contributed by atoms with van der Waals surface area (Å²) in [5.74, 6) is 0. The number of hydrogen-bond donors (Lipinski definition) is 0. The summed E-state index contributed by atoms with van der Waals surface area (Å²) in [6.45, 7) is 7.18. The molecule has 0 nitrogen and oxygen atoms in total. The van der Waals surface area contributed by atoms with Crippen molar-refractivity contribution in [1.29, 1.82) is 0 Å². The van der Waals surface area contributed by atoms with Crippen LogP contribution in [0.15, 0.2) is 30.3 Å². The molecule has 0 heterocycles. The molecule has 0 aliphatic heterocycles. The summed E-state index contributed by atoms with van der Waals surface area (Å²) in [4.78, 5) is 0. The average Bonchev–Trinajstić information content (AvgIpc) is 2.40. The molecular weight excluding hydrogens is 235 g/mol. The van der Waals surface area contributed by atoms with E-state index in [-0.39, 0.29) is 0 Å². The van der Waals surface area contributed by atoms with E-state index in [0.29, 0.717) is 0 Å². The smallest absolute Gasteiger partial charge is 0.0654 e. The van der Waals surface area contributed by atoms with Crippen molar-refractivity contribution in [2.75, 3.05) is 19.0 Å². The lowest BCUT2D eigenvalue weighted by atomic mass is 10.3. The molecule has 0 atom stereocenters. The first kappa shape index (κ1) is 15.7. The second-order valence-electron chi connectivity index (χ2n) is 5.59. The van der Waals surface area contributed by atoms with Crippen molar-refractivity contribution in [2.45, 2.75) is 52.4 Å². The largest absolute Gasteiger partial charge is 0.0936 e. The van der Waals surface area contributed by atoms with Crippen molar-refractivity contribution in [2.24, 2.45) is 0 Å². The van der Waals surface area contributed by atoms with Gasteiger partial charge in [-0.3, -0.25) is 0 Å². The molecule has 0 unspecified atom stereocenters. The number of rotatable bonds is 9. The fraction of sp³-hybridized carbons (Fsp3) is 0.647. The first-order valence-electron chi connectivity index (χ1n) is 7.63. The van der Waals surface area contributed by atoms with Crippen molar-refractivity contribution < 1.29 is 0 Å². The normalized spacial score (nSPS) is 11.7. The maximum absolute atomic E-state index is 2.58. The van der Waals surface area contributed by atoms with Crippen LogP contribution >= 0.6 is 7.26 Å². The van der Waals surface area contributed by atoms with Gasteiger partial charge in [0.25, 0.3) is 0 Å². The quantitative estimate of drug-likeness (QED) is 0.417. The van der Waals surface area contributed by atoms with Gasteiger partial charge in [-0.2, -0.15) is 0 Å². The fourth-order valence-corrected chi connectivity index (χ4v) is 6.05. The molecule has 0 aliphatic carbocycles. The molecule has 102 valence electrons. The second-order valence-corrected chi connectivity index (χ2v) is 9.80. The lowest BCUT2D eigenvalue weighted by molar-refractivity contribution is 0.760. The van der Waals surface area contributed by atoms with Crippen LogP contribution in [0.5, 0.6) is 0 Å². The molecule has 0 radical (unpaired) electrons. The van der Waals surface area contributed by atoms with Gasteiger partial charge in [0.05, 0.1) is 24.3 Å². The van der Waals surface area contributed by atoms with Crippen molar-refractivity contribution in [3.8, 4) is 0 Å². The van der Waals surface area contributed by atoms with Crippen LogP contribution in [-0.2, 0) is 0 Å². The van der Waals surface area contributed by atoms with E-state index in [4.69, 9.17) is 0 Å². The van der Waals surface area contributed by atoms with Gasteiger partial charge in [-0.15, -0.1) is 0 Å². The third kappa shape index (κ3) is 5.11. The van der Waals surface area contributed by atoms with Crippen LogP contribution in [0.1, 0.15) is 52.4 Å². The van der Waals surface area contributed by atoms with E-state index >= 15 is 0 Å². The third-order valence-corrected chi connectivity index (χ3v) is 8.04. The van der Waals surface area contributed by atoms with Gasteiger partial charge in [-0.1, -0.05) is 57.7 Å². The molecular formula is C17H30P+. The van der Waals surface area contributed by atoms with Gasteiger partial charge in [0.15, 0.2) is 0 Å². The fourth-order valence-electron chi connectivity index (χ4n) is 2.58. The van der Waals surface area contributed by atoms with Gasteiger partial charge in [-0.25, -0.2) is 0 Å². The Labute approximate surface area is 115 Å². The van der Waals surface area contributed by atoms with Crippen molar-refractivity contribution in [3.05, 3.63) is 30.3 Å². The van der Waals surface area contributed by atoms with Crippen LogP contribution in [0.25, 0.3) is 0 Å². The Morgan fingerprint density at radius 3 is 1.72 bits per heavy atom. The lowest BCUT2D eigenvalue weighted by Gasteiger charge is -2.23. The summed E-state index contributed by atoms with van der Waals surface area (Å²) < 4.78 is 0. The second kappa shape index (κ2) is 8.70. The highest BCUT2D eigenvalue weighted by Gasteiger charge is 2.32. The van der Waals surface area contributed by atoms with Crippen LogP contribution in [0.2, 0.25) is 0 Å². The number of hydrogen-bond acceptors (Lipinski definition) is 0. The Kier molecular flexibility index (Phi) is 7.59. The van der Waals surface area contributed by atoms with Crippen LogP contribution in [0, 0.1) is 0 Å². The molecule has 0 saturated heterocycles. The van der Waals surface area contributed by atoms with Gasteiger partial charge < -0.3 is 0 Å². The Hall–Kier alpha value is -0.350. The van der Waals surface area contributed by atoms with Crippen LogP contribution in [-0.4, -0.2) is 19.0 Å². The van der Waals surface area contributed by atoms with Crippen molar-refractivity contribution in [1.82, 2.24) is 0 Å². The highest BCUT2D eigenvalue weighted by Crippen LogP contribution is 2.55. The van der Waals surface area contributed by atoms with E-state index in [1.165, 1.54) is 50.8 Å². The predicted molar refractivity (Wildman–Crippen MR) is 87.7 cm³/mol. The number of benzene rings is 1. The van der Waals surface area contributed by atoms with Crippen LogP contribution in [0.4, 0.5) is 0 Å². The highest BCUT2D eigenvalue weighted by molar-refractivity contribution is 7.82. The molecule has 1 rings (SSSR count). The molecule has 0 amide bonds. The van der Waals surface area contributed by atoms with E-state index in [0.717, 1.165) is 0 Å². The van der Waals surface area contributed by atoms with E-state index in [1.807, 2.05) is 0 Å². The Morgan fingerprint density at radius 1 is 0.778 bits per heavy atom. The Bertz CT molecular complexity index is 295. The molecule has 1 aromatic carbocycles. The monoisotopic (exact) mass is 265 g/mol. The molecule has 1 aromatic rings. The minimum atomic E-state index is -0.881. The molecule has 18 heavy (non-hydrogen) atoms. The maximum atomic E-state index is 2.58. The molecule has 0 aromatic heterocycles. The summed E-state index contributed by atoms with van der Waals surface area (Å²) in [6, 6.07) is 11.3. The minimum Gasteiger partial charge on any atom is -0.0654 e. The summed E-state index contributed by atoms with van der Waals surface area (Å²) in [6.07, 6.45) is 11.2. The highest BCUT2D eigenvalue weighted by atomic mass is 31.2. The molecule has 0 N–H and O–H groups in total. The van der Waals surface area contributed by atoms with E-state index in [1.54, 1.807) is 5.30 Å². The molecule has 0 aliphatic rings. The van der Waals surface area contributed by atoms with E-state index < -0.39 is 7.26 Å². The van der Waals surface area contributed by atoms with Crippen LogP contribution < -0.4 is 5.30 Å². The third-order valence-electron chi connectivity index (χ3n) is 3.89. The molecule has 1 heteroatoms. The van der Waals surface area contributed by atoms with Crippen LogP contribution in [0.3, 0.4) is 0 Å². The van der Waals surface area contributed by atoms with Crippen molar-refractivity contribution in [3.63, 3.8) is 0 Å². The summed E-state index contributed by atoms with van der Waals surface area (Å²) in [5.41, 5.74) is 0. The van der Waals surface area contributed by atoms with E-state index in [9.17, 15) is 0 Å². The standard InChI is InChI=1S/C17H30P/c1-4-6-11-15-18(3,16-12-7-5-2)17-13-9-8-10-14-17/h8-10,13-14H,4-7,11-12,15-16H2,1-3H3/q+1. The Morgan fingerprint density at radius 2 is 1.28 bits per heavy atom. The topological polar surface area (TPSA) is 0 Å². The van der Waals surface area contributed by atoms with Gasteiger partial charge in [0.1, 0.15) is 0 Å². The SMILES string of the molecule is CCCCC[P+](C)(CCCCC)c1ccccc1. The van der Waals surface area contributed by atoms with E-state index in [2.05, 4.69) is 50.8 Å². The Balaban J connectivity index is 2.67. The molecule has 0 saturated carbocycles. The number of unbranched alkanes of at least 4 members (excludes halogenated alkanes) is 4. The zero-order chi connectivity index (χ0) is 13.3. The minimum absolute atomic E-state index is 0.881. The van der Waals surface area contributed by atoms with Gasteiger partial charge in [-0.05, 0) is 25.0 Å². The van der Waals surface area contributed by atoms with Crippen molar-refractivity contribution >= 4 is 12.6 Å². The van der Waals surface area contributed by atoms with Gasteiger partial charge in [0.2, 0.25) is 0 Å². The summed E-state index contributed by atoms with van der Waals surface area (Å²) >= 11 is 0. The average molecular weight is 265 g/mol. The molecule has 0 fully saturated rings. The zero-order valence-corrected chi connectivity index (χ0v) is 13.4.